The molecule has 0 bridgehead atoms. The summed E-state index contributed by atoms with van der Waals surface area (Å²) in [5, 5.41) is 16.6. The Bertz CT molecular complexity index is 1600. The van der Waals surface area contributed by atoms with Gasteiger partial charge in [0.15, 0.2) is 26.0 Å². The quantitative estimate of drug-likeness (QED) is 0.0444. The van der Waals surface area contributed by atoms with Crippen molar-refractivity contribution < 1.29 is 177 Å². The van der Waals surface area contributed by atoms with Crippen LogP contribution in [0, 0.1) is 0 Å². The van der Waals surface area contributed by atoms with Crippen molar-refractivity contribution in [2.75, 3.05) is 240 Å². The van der Waals surface area contributed by atoms with Crippen LogP contribution in [-0.2, 0) is 192 Å². The number of nitrogens with zero attached hydrogens (tertiary/aromatic N) is 7. The summed E-state index contributed by atoms with van der Waals surface area (Å²) in [6.45, 7) is 53.0. The van der Waals surface area contributed by atoms with E-state index < -0.39 is 52.8 Å². The van der Waals surface area contributed by atoms with Gasteiger partial charge in [-0.15, -0.1) is 14.6 Å². The summed E-state index contributed by atoms with van der Waals surface area (Å²) in [5.41, 5.74) is 3.16. The van der Waals surface area contributed by atoms with E-state index in [1.165, 1.54) is 0 Å². The molecule has 0 atom stereocenters. The smallest absolute Gasteiger partial charge is 0.197 e. The van der Waals surface area contributed by atoms with Gasteiger partial charge in [-0.1, -0.05) is 184 Å². The molecule has 0 spiro atoms. The van der Waals surface area contributed by atoms with E-state index in [2.05, 4.69) is 146 Å². The Labute approximate surface area is 810 Å². The van der Waals surface area contributed by atoms with Gasteiger partial charge in [-0.3, -0.25) is 28.8 Å². The molecule has 0 heterocycles. The second-order valence-corrected chi connectivity index (χ2v) is 52.9. The maximum Gasteiger partial charge on any atom is 0.197 e. The Balaban J connectivity index is -0.0000000107. The topological polar surface area (TPSA) is 195 Å². The molecule has 0 aromatic heterocycles. The largest absolute Gasteiger partial charge is 0.784 e. The molecule has 32 heteroatoms. The van der Waals surface area contributed by atoms with E-state index in [0.29, 0.717) is 18.4 Å². The molecule has 0 aliphatic rings. The first-order chi connectivity index (χ1) is 36.1. The van der Waals surface area contributed by atoms with Crippen molar-refractivity contribution in [1.29, 1.82) is 0 Å². The molecule has 0 aliphatic carbocycles. The zero-order valence-corrected chi connectivity index (χ0v) is 88.6. The third-order valence-corrected chi connectivity index (χ3v) is 1.92. The zero-order chi connectivity index (χ0) is 74.5. The monoisotopic (exact) mass is 2070 g/mol. The molecule has 2 N–H and O–H groups in total. The van der Waals surface area contributed by atoms with E-state index in [4.69, 9.17) is 27.0 Å². The molecule has 0 amide bonds. The van der Waals surface area contributed by atoms with E-state index >= 15 is 0 Å². The number of ether oxygens (including phenoxy) is 1. The van der Waals surface area contributed by atoms with Gasteiger partial charge in [0, 0.05) is 260 Å². The first-order valence-corrected chi connectivity index (χ1v) is 52.3. The van der Waals surface area contributed by atoms with Crippen LogP contribution in [0.3, 0.4) is 0 Å². The first kappa shape index (κ1) is 274. The van der Waals surface area contributed by atoms with Gasteiger partial charge in [-0.2, -0.15) is 22.2 Å². The number of hydroxylamine groups is 2. The Morgan fingerprint density at radius 1 is 0.604 bits per heavy atom. The van der Waals surface area contributed by atoms with Crippen molar-refractivity contribution in [2.24, 2.45) is 9.98 Å². The maximum absolute atomic E-state index is 10.2. The summed E-state index contributed by atoms with van der Waals surface area (Å²) in [5.74, 6) is 10.4. The number of hydrogen-bond acceptors (Lipinski definition) is 14. The van der Waals surface area contributed by atoms with Gasteiger partial charge in [-0.25, -0.2) is 28.9 Å². The Morgan fingerprint density at radius 2 is 0.632 bits per heavy atom. The molecule has 0 saturated carbocycles. The number of thioether (sulfide) groups is 1. The van der Waals surface area contributed by atoms with Crippen molar-refractivity contribution in [3.05, 3.63) is 4.78 Å². The molecule has 106 heavy (non-hydrogen) atoms. The normalized spacial score (nSPS) is 7.38. The van der Waals surface area contributed by atoms with Crippen LogP contribution in [0.1, 0.15) is 182 Å². The van der Waals surface area contributed by atoms with Crippen LogP contribution < -0.4 is 0 Å². The average molecular weight is 2070 g/mol. The van der Waals surface area contributed by atoms with Crippen LogP contribution in [0.25, 0.3) is 4.78 Å². The van der Waals surface area contributed by atoms with E-state index in [-0.39, 0.29) is 272 Å². The van der Waals surface area contributed by atoms with E-state index in [1.54, 1.807) is 125 Å². The van der Waals surface area contributed by atoms with Crippen LogP contribution in [0.5, 0.6) is 0 Å². The van der Waals surface area contributed by atoms with Gasteiger partial charge in [0.2, 0.25) is 0 Å². The fourth-order valence-electron chi connectivity index (χ4n) is 0. The van der Waals surface area contributed by atoms with Crippen molar-refractivity contribution in [2.45, 2.75) is 223 Å². The Hall–Kier alpha value is 5.16. The fraction of sp³-hybridized carbons (Fsp3) is 0.905. The van der Waals surface area contributed by atoms with E-state index in [0.717, 1.165) is 52.5 Å². The third-order valence-electron chi connectivity index (χ3n) is 1.92. The Morgan fingerprint density at radius 3 is 0.632 bits per heavy atom. The molecule has 0 aromatic carbocycles. The van der Waals surface area contributed by atoms with Crippen molar-refractivity contribution in [3.8, 4) is 0 Å². The molecule has 0 aromatic rings. The van der Waals surface area contributed by atoms with Crippen LogP contribution in [0.2, 0.25) is 40.9 Å². The summed E-state index contributed by atoms with van der Waals surface area (Å²) in [7, 11) is 14.9. The second-order valence-electron chi connectivity index (χ2n) is 24.0. The molecular weight excluding hydrogens is 1840 g/mol. The minimum Gasteiger partial charge on any atom is -0.784 e. The molecule has 0 fully saturated rings. The van der Waals surface area contributed by atoms with E-state index in [9.17, 15) is 21.4 Å². The molecule has 0 saturated heterocycles. The molecule has 0 rings (SSSR count). The predicted molar refractivity (Wildman–Crippen MR) is 565 cm³/mol. The molecule has 0 aliphatic heterocycles. The first-order valence-electron chi connectivity index (χ1n) is 26.2. The Kier molecular flexibility index (Phi) is 542. The standard InChI is InChI=1S/C4H10NO.2C4H9N.2C3H9B.C3H8NO.C3H8NS.2C3H9N.C3H9OP.C3H8OS.C3H9PS.2C3H9P.C3H8S.C2H6O2S.C2H6OS.C2H6O.C2H6S.18CH4.4Y/c1-4(2)5(3)6;2*1-4(2)5-3;2*1-4(2)3;1-3-4(2)5;1-5(2,3)4;2*1-4(2)3;2*1-5(2,3)4;1-4(2,3)5;3*1-4(2)3;1-5(2,3)4;1-4(2)3;2*1-3-2;;;;;;;;;;;;;;;;;;;;;;/h6H,1-3H3;2*1-3H3;2*1-3H3;3,5H,1-2H3;1H2,2-3H3;2*1-3H3;1-3H3;1H2,2-3H3;1-3H3;2*1-3H3;1H2,2-3H3;1-2H3;1-2H3;2*1-2H3;18*1H4;;;;/q+1;;;;-1;+1;-1;;;;;;;;;;;;;;;;;;;;;;;;;;;;;;;;;;/p+1/b;;;;;4-3-;;;;;;;;;;;;;;;;;;;;;;;;;;;;;;;;;;;. The van der Waals surface area contributed by atoms with Gasteiger partial charge in [0.25, 0.3) is 0 Å². The van der Waals surface area contributed by atoms with Gasteiger partial charge in [0.1, 0.15) is 16.6 Å². The SMILES string of the molecule is C.C.C.C.C.C.C.C.C.C.C.C.C.C.C.C.C.C.C/C=[N+](/C)O.C=S(C)(C)=O.C=S(C)(C)=[N-].C=S(C)C.CB(C)C.CC(C)=[N+](C)O.CN(C)C.CN(C)C.CN=C(C)C.CN=C(C)C.COC.CP(C)(C)=O.CP(C)(C)=S.CP(C)C.CS(C)(=O)=O.CS(C)=O.CSC.C[B-](C)C.C[PH+](C)C.[Y].[Y].[Y].[Y]. The molecular formula is C74H229B2N7O8P4S7Y4+. The van der Waals surface area contributed by atoms with Gasteiger partial charge in [0.05, 0.1) is 7.14 Å². The van der Waals surface area contributed by atoms with E-state index in [1.807, 2.05) is 106 Å². The van der Waals surface area contributed by atoms with Gasteiger partial charge in [-0.05, 0) is 200 Å². The van der Waals surface area contributed by atoms with Gasteiger partial charge >= 0.3 is 0 Å². The average Bonchev–Trinajstić information content (AvgIpc) is 3.11. The molecule has 687 valence electrons. The number of sulfone groups is 1. The molecule has 5 radical (unpaired) electrons. The van der Waals surface area contributed by atoms with Crippen molar-refractivity contribution in [1.82, 2.24) is 9.80 Å². The summed E-state index contributed by atoms with van der Waals surface area (Å²) >= 11 is 6.69. The van der Waals surface area contributed by atoms with Gasteiger partial charge < -0.3 is 33.3 Å². The second kappa shape index (κ2) is 209. The number of methoxy groups -OCH3 is 1. The third kappa shape index (κ3) is 5560. The molecule has 0 unspecified atom stereocenters. The summed E-state index contributed by atoms with van der Waals surface area (Å²) in [4.78, 5) is 11.6. The minimum atomic E-state index is -2.67. The summed E-state index contributed by atoms with van der Waals surface area (Å²) in [6.07, 6.45) is 22.0. The number of rotatable bonds is 0. The fourth-order valence-corrected chi connectivity index (χ4v) is 0. The zero-order valence-electron chi connectivity index (χ0n) is 67.8. The summed E-state index contributed by atoms with van der Waals surface area (Å²) < 4.78 is 63.9. The molecule has 15 nitrogen and oxygen atoms in total. The summed E-state index contributed by atoms with van der Waals surface area (Å²) in [6, 6.07) is -0.806. The number of hydrogen-bond donors (Lipinski definition) is 2. The minimum absolute atomic E-state index is 0. The van der Waals surface area contributed by atoms with Crippen LogP contribution in [0.4, 0.5) is 0 Å². The van der Waals surface area contributed by atoms with Crippen LogP contribution in [0.15, 0.2) is 9.98 Å². The van der Waals surface area contributed by atoms with Crippen LogP contribution >= 0.6 is 51.3 Å². The predicted octanol–water partition coefficient (Wildman–Crippen LogP) is 24.8. The van der Waals surface area contributed by atoms with Crippen LogP contribution in [-0.4, -0.2) is 341 Å². The van der Waals surface area contributed by atoms with Crippen molar-refractivity contribution in [3.63, 3.8) is 0 Å². The maximum atomic E-state index is 10.2. The number of aliphatic imine (C=N–C) groups is 2. The van der Waals surface area contributed by atoms with Crippen molar-refractivity contribution >= 4 is 157 Å².